The molecule has 0 radical (unpaired) electrons. The topological polar surface area (TPSA) is 65.7 Å². The highest BCUT2D eigenvalue weighted by Gasteiger charge is 2.03. The molecule has 0 aliphatic heterocycles. The molecule has 4 heteroatoms. The fraction of sp³-hybridized carbons (Fsp3) is 0.167. The molecular weight excluding hydrogens is 204 g/mol. The minimum atomic E-state index is -0.478. The highest BCUT2D eigenvalue weighted by Crippen LogP contribution is 2.13. The molecule has 1 aromatic heterocycles. The molecule has 0 spiro atoms. The third-order valence-corrected chi connectivity index (χ3v) is 2.33. The summed E-state index contributed by atoms with van der Waals surface area (Å²) in [6, 6.07) is 5.38. The van der Waals surface area contributed by atoms with E-state index in [1.54, 1.807) is 6.07 Å². The molecule has 2 aromatic rings. The van der Waals surface area contributed by atoms with Crippen LogP contribution in [0.15, 0.2) is 33.9 Å². The fourth-order valence-corrected chi connectivity index (χ4v) is 1.63. The predicted molar refractivity (Wildman–Crippen MR) is 64.5 cm³/mol. The van der Waals surface area contributed by atoms with Gasteiger partial charge in [-0.15, -0.1) is 0 Å². The minimum absolute atomic E-state index is 0.352. The Morgan fingerprint density at radius 3 is 2.81 bits per heavy atom. The van der Waals surface area contributed by atoms with Crippen molar-refractivity contribution in [2.75, 3.05) is 0 Å². The molecule has 1 aromatic carbocycles. The van der Waals surface area contributed by atoms with Crippen molar-refractivity contribution in [1.29, 1.82) is 0 Å². The first-order chi connectivity index (χ1) is 7.72. The van der Waals surface area contributed by atoms with Crippen LogP contribution in [-0.2, 0) is 0 Å². The van der Waals surface area contributed by atoms with Crippen molar-refractivity contribution in [2.24, 2.45) is 0 Å². The summed E-state index contributed by atoms with van der Waals surface area (Å²) in [4.78, 5) is 27.6. The van der Waals surface area contributed by atoms with Crippen LogP contribution in [0, 0.1) is 0 Å². The van der Waals surface area contributed by atoms with Crippen LogP contribution in [-0.4, -0.2) is 9.97 Å². The molecule has 0 saturated carbocycles. The van der Waals surface area contributed by atoms with Crippen molar-refractivity contribution in [3.63, 3.8) is 0 Å². The largest absolute Gasteiger partial charge is 0.326 e. The molecule has 0 aliphatic rings. The Balaban J connectivity index is 2.82. The lowest BCUT2D eigenvalue weighted by molar-refractivity contribution is 1.08. The van der Waals surface area contributed by atoms with Crippen LogP contribution in [0.4, 0.5) is 0 Å². The van der Waals surface area contributed by atoms with Gasteiger partial charge in [-0.05, 0) is 18.1 Å². The van der Waals surface area contributed by atoms with Crippen LogP contribution >= 0.6 is 0 Å². The van der Waals surface area contributed by atoms with Crippen molar-refractivity contribution in [2.45, 2.75) is 13.3 Å². The molecule has 4 nitrogen and oxygen atoms in total. The molecule has 2 rings (SSSR count). The van der Waals surface area contributed by atoms with Gasteiger partial charge in [0, 0.05) is 0 Å². The van der Waals surface area contributed by atoms with E-state index in [-0.39, 0.29) is 5.56 Å². The molecule has 0 amide bonds. The Hall–Kier alpha value is -2.10. The minimum Gasteiger partial charge on any atom is -0.307 e. The highest BCUT2D eigenvalue weighted by molar-refractivity contribution is 5.86. The molecule has 16 heavy (non-hydrogen) atoms. The van der Waals surface area contributed by atoms with Gasteiger partial charge in [0.2, 0.25) is 0 Å². The van der Waals surface area contributed by atoms with Crippen molar-refractivity contribution in [3.05, 3.63) is 50.7 Å². The molecular formula is C12H12N2O2. The maximum Gasteiger partial charge on any atom is 0.326 e. The second-order valence-corrected chi connectivity index (χ2v) is 3.49. The summed E-state index contributed by atoms with van der Waals surface area (Å²) in [5.74, 6) is 0. The molecule has 0 fully saturated rings. The first kappa shape index (κ1) is 10.4. The lowest BCUT2D eigenvalue weighted by Gasteiger charge is -2.00. The summed E-state index contributed by atoms with van der Waals surface area (Å²) in [6.45, 7) is 2.02. The third-order valence-electron chi connectivity index (χ3n) is 2.33. The number of benzene rings is 1. The van der Waals surface area contributed by atoms with Gasteiger partial charge >= 0.3 is 5.69 Å². The average Bonchev–Trinajstić information content (AvgIpc) is 2.25. The number of hydrogen-bond donors (Lipinski definition) is 2. The predicted octanol–water partition coefficient (Wildman–Crippen LogP) is 1.64. The maximum absolute atomic E-state index is 11.7. The van der Waals surface area contributed by atoms with Gasteiger partial charge in [-0.3, -0.25) is 9.78 Å². The van der Waals surface area contributed by atoms with E-state index in [0.717, 1.165) is 12.0 Å². The maximum atomic E-state index is 11.7. The third kappa shape index (κ3) is 1.82. The van der Waals surface area contributed by atoms with E-state index in [1.807, 2.05) is 31.2 Å². The smallest absolute Gasteiger partial charge is 0.307 e. The Morgan fingerprint density at radius 2 is 2.06 bits per heavy atom. The standard InChI is InChI=1S/C12H12N2O2/c1-2-3-5-8-6-4-7-9-10(8)11(15)14-12(16)13-9/h3-7H,2H2,1H3,(H2,13,14,15,16). The van der Waals surface area contributed by atoms with Gasteiger partial charge in [0.25, 0.3) is 5.56 Å². The Bertz CT molecular complexity index is 650. The van der Waals surface area contributed by atoms with Crippen molar-refractivity contribution < 1.29 is 0 Å². The first-order valence-corrected chi connectivity index (χ1v) is 5.14. The number of fused-ring (bicyclic) bond motifs is 1. The van der Waals surface area contributed by atoms with Crippen LogP contribution in [0.2, 0.25) is 0 Å². The van der Waals surface area contributed by atoms with Gasteiger partial charge in [0.15, 0.2) is 0 Å². The molecule has 82 valence electrons. The molecule has 0 atom stereocenters. The summed E-state index contributed by atoms with van der Waals surface area (Å²) in [5, 5.41) is 0.520. The van der Waals surface area contributed by atoms with E-state index in [2.05, 4.69) is 9.97 Å². The summed E-state index contributed by atoms with van der Waals surface area (Å²) in [6.07, 6.45) is 4.76. The number of aromatic amines is 2. The van der Waals surface area contributed by atoms with Crippen LogP contribution in [0.25, 0.3) is 17.0 Å². The Kier molecular flexibility index (Phi) is 2.72. The zero-order valence-electron chi connectivity index (χ0n) is 8.91. The summed E-state index contributed by atoms with van der Waals surface area (Å²) < 4.78 is 0. The molecule has 1 heterocycles. The van der Waals surface area contributed by atoms with Crippen molar-refractivity contribution in [3.8, 4) is 0 Å². The monoisotopic (exact) mass is 216 g/mol. The SMILES string of the molecule is CCC=Cc1cccc2[nH]c(=O)[nH]c(=O)c12. The molecule has 0 bridgehead atoms. The van der Waals surface area contributed by atoms with Crippen LogP contribution in [0.1, 0.15) is 18.9 Å². The van der Waals surface area contributed by atoms with E-state index in [1.165, 1.54) is 0 Å². The first-order valence-electron chi connectivity index (χ1n) is 5.14. The Morgan fingerprint density at radius 1 is 1.25 bits per heavy atom. The summed E-state index contributed by atoms with van der Waals surface area (Å²) >= 11 is 0. The number of aromatic nitrogens is 2. The quantitative estimate of drug-likeness (QED) is 0.801. The van der Waals surface area contributed by atoms with E-state index >= 15 is 0 Å². The molecule has 0 unspecified atom stereocenters. The van der Waals surface area contributed by atoms with E-state index in [0.29, 0.717) is 10.9 Å². The van der Waals surface area contributed by atoms with Crippen LogP contribution < -0.4 is 11.2 Å². The van der Waals surface area contributed by atoms with Gasteiger partial charge in [0.05, 0.1) is 10.9 Å². The molecule has 0 aliphatic carbocycles. The second kappa shape index (κ2) is 4.18. The second-order valence-electron chi connectivity index (χ2n) is 3.49. The number of hydrogen-bond acceptors (Lipinski definition) is 2. The lowest BCUT2D eigenvalue weighted by Crippen LogP contribution is -2.22. The summed E-state index contributed by atoms with van der Waals surface area (Å²) in [5.41, 5.74) is 0.549. The van der Waals surface area contributed by atoms with Gasteiger partial charge in [-0.1, -0.05) is 31.2 Å². The van der Waals surface area contributed by atoms with Gasteiger partial charge in [0.1, 0.15) is 0 Å². The highest BCUT2D eigenvalue weighted by atomic mass is 16.2. The van der Waals surface area contributed by atoms with Gasteiger partial charge in [-0.2, -0.15) is 0 Å². The summed E-state index contributed by atoms with van der Waals surface area (Å²) in [7, 11) is 0. The van der Waals surface area contributed by atoms with Crippen LogP contribution in [0.5, 0.6) is 0 Å². The lowest BCUT2D eigenvalue weighted by atomic mass is 10.1. The van der Waals surface area contributed by atoms with Crippen molar-refractivity contribution in [1.82, 2.24) is 9.97 Å². The number of rotatable bonds is 2. The van der Waals surface area contributed by atoms with Gasteiger partial charge in [-0.25, -0.2) is 4.79 Å². The number of H-pyrrole nitrogens is 2. The normalized spacial score (nSPS) is 11.3. The van der Waals surface area contributed by atoms with Crippen LogP contribution in [0.3, 0.4) is 0 Å². The fourth-order valence-electron chi connectivity index (χ4n) is 1.63. The van der Waals surface area contributed by atoms with E-state index in [9.17, 15) is 9.59 Å². The molecule has 2 N–H and O–H groups in total. The molecule has 0 saturated heterocycles. The van der Waals surface area contributed by atoms with Crippen molar-refractivity contribution >= 4 is 17.0 Å². The zero-order valence-corrected chi connectivity index (χ0v) is 8.91. The number of allylic oxidation sites excluding steroid dienone is 1. The average molecular weight is 216 g/mol. The number of nitrogens with one attached hydrogen (secondary N) is 2. The van der Waals surface area contributed by atoms with Gasteiger partial charge < -0.3 is 4.98 Å². The zero-order chi connectivity index (χ0) is 11.5. The van der Waals surface area contributed by atoms with E-state index < -0.39 is 5.69 Å². The Labute approximate surface area is 91.6 Å². The van der Waals surface area contributed by atoms with E-state index in [4.69, 9.17) is 0 Å².